The minimum atomic E-state index is -0.718. The van der Waals surface area contributed by atoms with Crippen LogP contribution in [-0.2, 0) is 9.59 Å². The second-order valence-electron chi connectivity index (χ2n) is 7.93. The molecule has 0 bridgehead atoms. The van der Waals surface area contributed by atoms with Crippen LogP contribution in [0.1, 0.15) is 16.5 Å². The number of aliphatic hydroxyl groups excluding tert-OH is 1. The lowest BCUT2D eigenvalue weighted by molar-refractivity contribution is -0.132. The van der Waals surface area contributed by atoms with Crippen molar-refractivity contribution < 1.29 is 14.7 Å². The third-order valence-corrected chi connectivity index (χ3v) is 7.05. The Bertz CT molecular complexity index is 1570. The standard InChI is InChI=1S/C27H18N2O3S/c30-25(19-15-28-20-11-4-3-10-18(19)20)23-24(22-13-6-14-33-22)29(27(32)26(23)31)21-12-5-8-16-7-1-2-9-17(16)21/h1-15,24,28,30H/b25-23-. The maximum absolute atomic E-state index is 13.4. The largest absolute Gasteiger partial charge is 0.507 e. The molecule has 1 unspecified atom stereocenters. The number of aromatic nitrogens is 1. The van der Waals surface area contributed by atoms with Crippen molar-refractivity contribution in [2.75, 3.05) is 4.90 Å². The molecule has 6 rings (SSSR count). The monoisotopic (exact) mass is 450 g/mol. The molecular weight excluding hydrogens is 432 g/mol. The third-order valence-electron chi connectivity index (χ3n) is 6.13. The Morgan fingerprint density at radius 2 is 1.64 bits per heavy atom. The molecule has 1 atom stereocenters. The summed E-state index contributed by atoms with van der Waals surface area (Å²) in [4.78, 5) is 32.3. The number of nitrogens with one attached hydrogen (secondary N) is 1. The molecular formula is C27H18N2O3S. The Balaban J connectivity index is 1.62. The molecule has 1 saturated heterocycles. The number of fused-ring (bicyclic) bond motifs is 2. The molecule has 1 fully saturated rings. The van der Waals surface area contributed by atoms with Crippen molar-refractivity contribution >= 4 is 56.1 Å². The topological polar surface area (TPSA) is 73.4 Å². The van der Waals surface area contributed by atoms with Crippen molar-refractivity contribution in [3.8, 4) is 0 Å². The Morgan fingerprint density at radius 1 is 0.879 bits per heavy atom. The number of hydrogen-bond donors (Lipinski definition) is 2. The number of carbonyl (C=O) groups is 2. The van der Waals surface area contributed by atoms with Crippen molar-refractivity contribution in [2.24, 2.45) is 0 Å². The minimum Gasteiger partial charge on any atom is -0.507 e. The lowest BCUT2D eigenvalue weighted by atomic mass is 9.99. The first-order valence-corrected chi connectivity index (χ1v) is 11.4. The van der Waals surface area contributed by atoms with Crippen molar-refractivity contribution in [3.63, 3.8) is 0 Å². The number of rotatable bonds is 3. The first-order chi connectivity index (χ1) is 16.1. The van der Waals surface area contributed by atoms with Crippen molar-refractivity contribution in [1.82, 2.24) is 4.98 Å². The van der Waals surface area contributed by atoms with Crippen molar-refractivity contribution in [2.45, 2.75) is 6.04 Å². The molecule has 0 radical (unpaired) electrons. The van der Waals surface area contributed by atoms with Gasteiger partial charge in [-0.15, -0.1) is 11.3 Å². The molecule has 1 aliphatic rings. The highest BCUT2D eigenvalue weighted by atomic mass is 32.1. The SMILES string of the molecule is O=C1C(=O)N(c2cccc3ccccc23)C(c2cccs2)/C1=C(/O)c1c[nH]c2ccccc12. The molecule has 0 aliphatic carbocycles. The van der Waals surface area contributed by atoms with Crippen LogP contribution in [0.4, 0.5) is 5.69 Å². The number of nitrogens with zero attached hydrogens (tertiary/aromatic N) is 1. The number of H-pyrrole nitrogens is 1. The van der Waals surface area contributed by atoms with Crippen LogP contribution < -0.4 is 4.90 Å². The van der Waals surface area contributed by atoms with Gasteiger partial charge in [-0.25, -0.2) is 0 Å². The van der Waals surface area contributed by atoms with Gasteiger partial charge in [-0.1, -0.05) is 60.7 Å². The molecule has 3 aromatic carbocycles. The summed E-state index contributed by atoms with van der Waals surface area (Å²) in [6, 6.07) is 24.1. The summed E-state index contributed by atoms with van der Waals surface area (Å²) in [7, 11) is 0. The molecule has 0 spiro atoms. The van der Waals surface area contributed by atoms with Gasteiger partial charge in [-0.2, -0.15) is 0 Å². The maximum atomic E-state index is 13.4. The Labute approximate surface area is 193 Å². The molecule has 1 aliphatic heterocycles. The van der Waals surface area contributed by atoms with E-state index in [2.05, 4.69) is 4.98 Å². The number of anilines is 1. The van der Waals surface area contributed by atoms with Crippen LogP contribution in [0.25, 0.3) is 27.4 Å². The van der Waals surface area contributed by atoms with E-state index in [9.17, 15) is 14.7 Å². The van der Waals surface area contributed by atoms with Crippen molar-refractivity contribution in [1.29, 1.82) is 0 Å². The van der Waals surface area contributed by atoms with Gasteiger partial charge in [0.15, 0.2) is 0 Å². The molecule has 6 heteroatoms. The van der Waals surface area contributed by atoms with Gasteiger partial charge in [-0.05, 0) is 29.0 Å². The quantitative estimate of drug-likeness (QED) is 0.201. The van der Waals surface area contributed by atoms with Crippen LogP contribution in [0.5, 0.6) is 0 Å². The molecule has 0 saturated carbocycles. The van der Waals surface area contributed by atoms with E-state index in [1.165, 1.54) is 16.2 Å². The van der Waals surface area contributed by atoms with Gasteiger partial charge < -0.3 is 10.1 Å². The van der Waals surface area contributed by atoms with E-state index in [-0.39, 0.29) is 11.3 Å². The fourth-order valence-electron chi connectivity index (χ4n) is 4.63. The fraction of sp³-hybridized carbons (Fsp3) is 0.0370. The minimum absolute atomic E-state index is 0.0973. The van der Waals surface area contributed by atoms with E-state index in [0.717, 1.165) is 26.6 Å². The zero-order valence-electron chi connectivity index (χ0n) is 17.4. The normalized spacial score (nSPS) is 17.9. The van der Waals surface area contributed by atoms with Gasteiger partial charge >= 0.3 is 0 Å². The highest BCUT2D eigenvalue weighted by Gasteiger charge is 2.48. The summed E-state index contributed by atoms with van der Waals surface area (Å²) in [6.45, 7) is 0. The van der Waals surface area contributed by atoms with Gasteiger partial charge in [0.1, 0.15) is 11.8 Å². The van der Waals surface area contributed by atoms with Crippen LogP contribution in [-0.4, -0.2) is 21.8 Å². The lowest BCUT2D eigenvalue weighted by Crippen LogP contribution is -2.29. The van der Waals surface area contributed by atoms with Crippen LogP contribution in [0.2, 0.25) is 0 Å². The van der Waals surface area contributed by atoms with E-state index in [4.69, 9.17) is 0 Å². The predicted octanol–water partition coefficient (Wildman–Crippen LogP) is 6.01. The second kappa shape index (κ2) is 7.46. The molecule has 5 aromatic rings. The molecule has 33 heavy (non-hydrogen) atoms. The lowest BCUT2D eigenvalue weighted by Gasteiger charge is -2.25. The van der Waals surface area contributed by atoms with Crippen molar-refractivity contribution in [3.05, 3.63) is 106 Å². The summed E-state index contributed by atoms with van der Waals surface area (Å²) in [5.41, 5.74) is 2.09. The highest BCUT2D eigenvalue weighted by Crippen LogP contribution is 2.45. The number of para-hydroxylation sites is 1. The van der Waals surface area contributed by atoms with Crippen LogP contribution in [0.15, 0.2) is 96.0 Å². The van der Waals surface area contributed by atoms with E-state index >= 15 is 0 Å². The van der Waals surface area contributed by atoms with Gasteiger partial charge in [0.05, 0.1) is 11.3 Å². The summed E-state index contributed by atoms with van der Waals surface area (Å²) in [5, 5.41) is 15.9. The van der Waals surface area contributed by atoms with E-state index in [1.54, 1.807) is 6.20 Å². The predicted molar refractivity (Wildman–Crippen MR) is 131 cm³/mol. The first-order valence-electron chi connectivity index (χ1n) is 10.5. The number of ketones is 1. The van der Waals surface area contributed by atoms with E-state index in [0.29, 0.717) is 11.3 Å². The average molecular weight is 451 g/mol. The Kier molecular flexibility index (Phi) is 4.41. The summed E-state index contributed by atoms with van der Waals surface area (Å²) in [5.74, 6) is -1.51. The number of Topliss-reactive ketones (excluding diaryl/α,β-unsaturated/α-hetero) is 1. The van der Waals surface area contributed by atoms with Crippen LogP contribution in [0.3, 0.4) is 0 Å². The maximum Gasteiger partial charge on any atom is 0.300 e. The fourth-order valence-corrected chi connectivity index (χ4v) is 5.45. The highest BCUT2D eigenvalue weighted by molar-refractivity contribution is 7.10. The molecule has 2 aromatic heterocycles. The number of carbonyl (C=O) groups excluding carboxylic acids is 2. The molecule has 160 valence electrons. The Hall–Kier alpha value is -4.16. The zero-order valence-corrected chi connectivity index (χ0v) is 18.2. The first kappa shape index (κ1) is 19.5. The zero-order chi connectivity index (χ0) is 22.5. The number of thiophene rings is 1. The second-order valence-corrected chi connectivity index (χ2v) is 8.91. The summed E-state index contributed by atoms with van der Waals surface area (Å²) in [6.07, 6.45) is 1.68. The molecule has 5 nitrogen and oxygen atoms in total. The Morgan fingerprint density at radius 3 is 2.45 bits per heavy atom. The average Bonchev–Trinajstić information content (AvgIpc) is 3.58. The number of amides is 1. The molecule has 2 N–H and O–H groups in total. The molecule has 3 heterocycles. The van der Waals surface area contributed by atoms with Crippen LogP contribution in [0, 0.1) is 0 Å². The smallest absolute Gasteiger partial charge is 0.300 e. The van der Waals surface area contributed by atoms with Gasteiger partial charge in [0.25, 0.3) is 11.7 Å². The summed E-state index contributed by atoms with van der Waals surface area (Å²) >= 11 is 1.45. The number of hydrogen-bond acceptors (Lipinski definition) is 4. The number of aromatic amines is 1. The number of benzene rings is 3. The van der Waals surface area contributed by atoms with Crippen LogP contribution >= 0.6 is 11.3 Å². The van der Waals surface area contributed by atoms with E-state index < -0.39 is 17.7 Å². The summed E-state index contributed by atoms with van der Waals surface area (Å²) < 4.78 is 0. The molecule has 1 amide bonds. The van der Waals surface area contributed by atoms with Gasteiger partial charge in [0, 0.05) is 32.9 Å². The van der Waals surface area contributed by atoms with Gasteiger partial charge in [-0.3, -0.25) is 14.5 Å². The third kappa shape index (κ3) is 2.92. The number of aliphatic hydroxyl groups is 1. The van der Waals surface area contributed by atoms with Gasteiger partial charge in [0.2, 0.25) is 0 Å². The van der Waals surface area contributed by atoms with E-state index in [1.807, 2.05) is 84.2 Å².